The molecule has 0 heterocycles. The highest BCUT2D eigenvalue weighted by Gasteiger charge is 2.22. The third-order valence-corrected chi connectivity index (χ3v) is 6.64. The Morgan fingerprint density at radius 2 is 1.76 bits per heavy atom. The fourth-order valence-electron chi connectivity index (χ4n) is 2.57. The summed E-state index contributed by atoms with van der Waals surface area (Å²) in [6.45, 7) is 1.55. The van der Waals surface area contributed by atoms with E-state index in [2.05, 4.69) is 10.6 Å². The van der Waals surface area contributed by atoms with Crippen LogP contribution in [0.15, 0.2) is 58.3 Å². The van der Waals surface area contributed by atoms with Gasteiger partial charge in [0.2, 0.25) is 20.0 Å². The average Bonchev–Trinajstić information content (AvgIpc) is 2.70. The Balaban J connectivity index is 2.31. The van der Waals surface area contributed by atoms with Crippen molar-refractivity contribution in [3.63, 3.8) is 0 Å². The van der Waals surface area contributed by atoms with Gasteiger partial charge in [0.05, 0.1) is 22.4 Å². The van der Waals surface area contributed by atoms with Gasteiger partial charge in [-0.2, -0.15) is 4.72 Å². The van der Waals surface area contributed by atoms with Gasteiger partial charge in [0.25, 0.3) is 5.91 Å². The highest BCUT2D eigenvalue weighted by molar-refractivity contribution is 7.89. The minimum atomic E-state index is -3.88. The molecule has 10 heteroatoms. The standard InChI is InChI=1S/C19H21N3O5S2/c1-4-11-21-29(26,27)18-10-6-8-16(13-18)19(23)22(3)14(2)15-7-5-9-17(12-15)28(20,24)25/h1,5-10,12-14,21H,11H2,2-3H3,(H2,20,24,25). The van der Waals surface area contributed by atoms with Crippen LogP contribution in [0, 0.1) is 12.3 Å². The number of benzene rings is 2. The average molecular weight is 436 g/mol. The molecule has 1 unspecified atom stereocenters. The quantitative estimate of drug-likeness (QED) is 0.629. The summed E-state index contributed by atoms with van der Waals surface area (Å²) in [4.78, 5) is 14.1. The molecule has 2 aromatic rings. The van der Waals surface area contributed by atoms with Crippen LogP contribution in [-0.2, 0) is 20.0 Å². The van der Waals surface area contributed by atoms with Crippen molar-refractivity contribution in [1.29, 1.82) is 0 Å². The van der Waals surface area contributed by atoms with Crippen molar-refractivity contribution in [2.24, 2.45) is 5.14 Å². The van der Waals surface area contributed by atoms with Crippen LogP contribution in [0.2, 0.25) is 0 Å². The second-order valence-corrected chi connectivity index (χ2v) is 9.59. The molecule has 0 aromatic heterocycles. The second-order valence-electron chi connectivity index (χ2n) is 6.27. The largest absolute Gasteiger partial charge is 0.335 e. The van der Waals surface area contributed by atoms with E-state index in [9.17, 15) is 21.6 Å². The number of carbonyl (C=O) groups is 1. The molecule has 154 valence electrons. The molecule has 0 saturated carbocycles. The van der Waals surface area contributed by atoms with Crippen LogP contribution in [-0.4, -0.2) is 41.2 Å². The molecular formula is C19H21N3O5S2. The van der Waals surface area contributed by atoms with Crippen LogP contribution in [0.4, 0.5) is 0 Å². The zero-order chi connectivity index (χ0) is 21.8. The van der Waals surface area contributed by atoms with Crippen molar-refractivity contribution in [2.45, 2.75) is 22.8 Å². The summed E-state index contributed by atoms with van der Waals surface area (Å²) >= 11 is 0. The molecule has 0 aliphatic carbocycles. The molecule has 3 N–H and O–H groups in total. The number of amides is 1. The topological polar surface area (TPSA) is 127 Å². The minimum absolute atomic E-state index is 0.0598. The predicted octanol–water partition coefficient (Wildman–Crippen LogP) is 1.08. The molecule has 29 heavy (non-hydrogen) atoms. The van der Waals surface area contributed by atoms with E-state index in [-0.39, 0.29) is 21.9 Å². The maximum absolute atomic E-state index is 12.9. The summed E-state index contributed by atoms with van der Waals surface area (Å²) in [5.74, 6) is 1.74. The summed E-state index contributed by atoms with van der Waals surface area (Å²) in [7, 11) is -6.18. The fraction of sp³-hybridized carbons (Fsp3) is 0.211. The van der Waals surface area contributed by atoms with E-state index in [1.807, 2.05) is 0 Å². The monoisotopic (exact) mass is 435 g/mol. The zero-order valence-electron chi connectivity index (χ0n) is 15.9. The van der Waals surface area contributed by atoms with Crippen molar-refractivity contribution in [3.05, 3.63) is 59.7 Å². The maximum Gasteiger partial charge on any atom is 0.254 e. The molecule has 0 spiro atoms. The highest BCUT2D eigenvalue weighted by Crippen LogP contribution is 2.23. The van der Waals surface area contributed by atoms with Crippen molar-refractivity contribution in [1.82, 2.24) is 9.62 Å². The fourth-order valence-corrected chi connectivity index (χ4v) is 4.12. The number of nitrogens with zero attached hydrogens (tertiary/aromatic N) is 1. The van der Waals surface area contributed by atoms with Gasteiger partial charge in [0, 0.05) is 12.6 Å². The summed E-state index contributed by atoms with van der Waals surface area (Å²) in [5.41, 5.74) is 0.720. The number of carbonyl (C=O) groups excluding carboxylic acids is 1. The molecule has 0 bridgehead atoms. The summed E-state index contributed by atoms with van der Waals surface area (Å²) < 4.78 is 49.8. The number of terminal acetylenes is 1. The molecule has 1 amide bonds. The Kier molecular flexibility index (Phi) is 6.81. The van der Waals surface area contributed by atoms with Crippen molar-refractivity contribution in [2.75, 3.05) is 13.6 Å². The van der Waals surface area contributed by atoms with Gasteiger partial charge in [-0.05, 0) is 42.8 Å². The van der Waals surface area contributed by atoms with Crippen molar-refractivity contribution >= 4 is 26.0 Å². The summed E-state index contributed by atoms with van der Waals surface area (Å²) in [6, 6.07) is 11.0. The van der Waals surface area contributed by atoms with Crippen LogP contribution in [0.1, 0.15) is 28.9 Å². The van der Waals surface area contributed by atoms with Crippen LogP contribution >= 0.6 is 0 Å². The van der Waals surface area contributed by atoms with E-state index < -0.39 is 32.0 Å². The SMILES string of the molecule is C#CCNS(=O)(=O)c1cccc(C(=O)N(C)C(C)c2cccc(S(N)(=O)=O)c2)c1. The third-order valence-electron chi connectivity index (χ3n) is 4.33. The van der Waals surface area contributed by atoms with E-state index in [0.717, 1.165) is 0 Å². The first kappa shape index (κ1) is 22.6. The van der Waals surface area contributed by atoms with Gasteiger partial charge in [-0.25, -0.2) is 22.0 Å². The lowest BCUT2D eigenvalue weighted by molar-refractivity contribution is 0.0742. The first-order chi connectivity index (χ1) is 13.5. The van der Waals surface area contributed by atoms with Crippen molar-refractivity contribution in [3.8, 4) is 12.3 Å². The Hall–Kier alpha value is -2.71. The lowest BCUT2D eigenvalue weighted by Crippen LogP contribution is -2.30. The van der Waals surface area contributed by atoms with Crippen LogP contribution in [0.5, 0.6) is 0 Å². The Bertz CT molecular complexity index is 1170. The predicted molar refractivity (Wildman–Crippen MR) is 109 cm³/mol. The number of hydrogen-bond acceptors (Lipinski definition) is 5. The number of nitrogens with one attached hydrogen (secondary N) is 1. The molecule has 0 saturated heterocycles. The van der Waals surface area contributed by atoms with E-state index in [0.29, 0.717) is 5.56 Å². The van der Waals surface area contributed by atoms with E-state index in [1.54, 1.807) is 13.0 Å². The zero-order valence-corrected chi connectivity index (χ0v) is 17.5. The van der Waals surface area contributed by atoms with Crippen LogP contribution < -0.4 is 9.86 Å². The number of rotatable bonds is 7. The van der Waals surface area contributed by atoms with Gasteiger partial charge in [0.1, 0.15) is 0 Å². The molecule has 0 aliphatic rings. The lowest BCUT2D eigenvalue weighted by atomic mass is 10.1. The molecule has 0 aliphatic heterocycles. The molecule has 0 radical (unpaired) electrons. The first-order valence-corrected chi connectivity index (χ1v) is 11.4. The molecule has 8 nitrogen and oxygen atoms in total. The minimum Gasteiger partial charge on any atom is -0.335 e. The molecule has 1 atom stereocenters. The second kappa shape index (κ2) is 8.75. The third kappa shape index (κ3) is 5.42. The van der Waals surface area contributed by atoms with Crippen LogP contribution in [0.3, 0.4) is 0 Å². The normalized spacial score (nSPS) is 12.8. The highest BCUT2D eigenvalue weighted by atomic mass is 32.2. The smallest absolute Gasteiger partial charge is 0.254 e. The van der Waals surface area contributed by atoms with Crippen molar-refractivity contribution < 1.29 is 21.6 Å². The van der Waals surface area contributed by atoms with Gasteiger partial charge < -0.3 is 4.90 Å². The Morgan fingerprint density at radius 1 is 1.14 bits per heavy atom. The molecule has 2 aromatic carbocycles. The van der Waals surface area contributed by atoms with E-state index >= 15 is 0 Å². The maximum atomic E-state index is 12.9. The lowest BCUT2D eigenvalue weighted by Gasteiger charge is -2.26. The van der Waals surface area contributed by atoms with E-state index in [4.69, 9.17) is 11.6 Å². The Morgan fingerprint density at radius 3 is 2.38 bits per heavy atom. The number of hydrogen-bond donors (Lipinski definition) is 2. The van der Waals surface area contributed by atoms with Gasteiger partial charge >= 0.3 is 0 Å². The van der Waals surface area contributed by atoms with E-state index in [1.165, 1.54) is 54.4 Å². The number of primary sulfonamides is 1. The van der Waals surface area contributed by atoms with Gasteiger partial charge in [-0.3, -0.25) is 4.79 Å². The van der Waals surface area contributed by atoms with Gasteiger partial charge in [-0.15, -0.1) is 6.42 Å². The summed E-state index contributed by atoms with van der Waals surface area (Å²) in [5, 5.41) is 5.16. The van der Waals surface area contributed by atoms with Gasteiger partial charge in [0.15, 0.2) is 0 Å². The first-order valence-electron chi connectivity index (χ1n) is 8.40. The number of nitrogens with two attached hydrogens (primary N) is 1. The molecular weight excluding hydrogens is 414 g/mol. The van der Waals surface area contributed by atoms with Crippen LogP contribution in [0.25, 0.3) is 0 Å². The molecule has 0 fully saturated rings. The Labute approximate surface area is 170 Å². The van der Waals surface area contributed by atoms with Gasteiger partial charge in [-0.1, -0.05) is 24.1 Å². The number of sulfonamides is 2. The molecule has 2 rings (SSSR count). The summed E-state index contributed by atoms with van der Waals surface area (Å²) in [6.07, 6.45) is 5.07.